The van der Waals surface area contributed by atoms with Crippen LogP contribution in [0, 0.1) is 0 Å². The zero-order valence-electron chi connectivity index (χ0n) is 5.99. The summed E-state index contributed by atoms with van der Waals surface area (Å²) in [4.78, 5) is 0. The Morgan fingerprint density at radius 2 is 1.38 bits per heavy atom. The summed E-state index contributed by atoms with van der Waals surface area (Å²) in [5.74, 6) is 0. The average Bonchev–Trinajstić information content (AvgIpc) is 1.73. The van der Waals surface area contributed by atoms with E-state index in [1.807, 2.05) is 6.92 Å². The van der Waals surface area contributed by atoms with Gasteiger partial charge in [-0.1, -0.05) is 11.6 Å². The third-order valence-corrected chi connectivity index (χ3v) is 0.577. The van der Waals surface area contributed by atoms with Gasteiger partial charge in [0, 0.05) is 0 Å². The zero-order chi connectivity index (χ0) is 6.28. The van der Waals surface area contributed by atoms with Gasteiger partial charge < -0.3 is 5.48 Å². The molecule has 50 valence electrons. The Morgan fingerprint density at radius 3 is 1.38 bits per heavy atom. The number of hydrogen-bond acceptors (Lipinski definition) is 0. The lowest BCUT2D eigenvalue weighted by Gasteiger charge is -1.74. The molecule has 0 saturated heterocycles. The first kappa shape index (κ1) is 15.7. The van der Waals surface area contributed by atoms with Gasteiger partial charge >= 0.3 is 0 Å². The van der Waals surface area contributed by atoms with Gasteiger partial charge in [-0.15, -0.1) is 13.2 Å². The molecule has 0 aliphatic carbocycles. The van der Waals surface area contributed by atoms with E-state index in [0.717, 1.165) is 0 Å². The Labute approximate surface area is 52.0 Å². The maximum Gasteiger partial charge on any atom is -0.0442 e. The summed E-state index contributed by atoms with van der Waals surface area (Å²) in [6.45, 7) is 12.2. The van der Waals surface area contributed by atoms with Crippen molar-refractivity contribution in [2.45, 2.75) is 20.8 Å². The van der Waals surface area contributed by atoms with Crippen LogP contribution in [0.25, 0.3) is 0 Å². The molecule has 0 atom stereocenters. The van der Waals surface area contributed by atoms with Crippen molar-refractivity contribution in [2.24, 2.45) is 0 Å². The minimum absolute atomic E-state index is 0. The van der Waals surface area contributed by atoms with Gasteiger partial charge in [0.1, 0.15) is 0 Å². The molecule has 0 unspecified atom stereocenters. The van der Waals surface area contributed by atoms with Gasteiger partial charge in [0.2, 0.25) is 0 Å². The molecule has 0 aromatic heterocycles. The molecule has 1 heteroatoms. The van der Waals surface area contributed by atoms with Crippen molar-refractivity contribution < 1.29 is 5.48 Å². The minimum atomic E-state index is 0. The van der Waals surface area contributed by atoms with E-state index in [9.17, 15) is 0 Å². The molecule has 0 aliphatic rings. The Morgan fingerprint density at radius 1 is 1.25 bits per heavy atom. The first-order valence-corrected chi connectivity index (χ1v) is 2.37. The molecule has 8 heavy (non-hydrogen) atoms. The highest BCUT2D eigenvalue weighted by Gasteiger charge is 1.60. The van der Waals surface area contributed by atoms with Crippen LogP contribution in [0.3, 0.4) is 0 Å². The van der Waals surface area contributed by atoms with Gasteiger partial charge in [-0.25, -0.2) is 0 Å². The normalized spacial score (nSPS) is 4.88. The predicted octanol–water partition coefficient (Wildman–Crippen LogP) is 1.95. The third kappa shape index (κ3) is 51.7. The van der Waals surface area contributed by atoms with E-state index in [4.69, 9.17) is 0 Å². The van der Waals surface area contributed by atoms with Crippen LogP contribution in [0.2, 0.25) is 0 Å². The van der Waals surface area contributed by atoms with Crippen molar-refractivity contribution in [3.05, 3.63) is 24.8 Å². The highest BCUT2D eigenvalue weighted by atomic mass is 16.0. The van der Waals surface area contributed by atoms with Crippen LogP contribution in [0.5, 0.6) is 0 Å². The SMILES string of the molecule is C=C.CC=C(C)C.O. The van der Waals surface area contributed by atoms with E-state index in [1.165, 1.54) is 5.57 Å². The highest BCUT2D eigenvalue weighted by Crippen LogP contribution is 1.82. The van der Waals surface area contributed by atoms with Crippen molar-refractivity contribution in [3.8, 4) is 0 Å². The number of allylic oxidation sites excluding steroid dienone is 2. The van der Waals surface area contributed by atoms with Crippen LogP contribution < -0.4 is 0 Å². The second kappa shape index (κ2) is 16.1. The van der Waals surface area contributed by atoms with E-state index >= 15 is 0 Å². The molecule has 0 spiro atoms. The Hall–Kier alpha value is -0.560. The number of rotatable bonds is 0. The molecule has 0 saturated carbocycles. The molecule has 0 fully saturated rings. The molecule has 0 aromatic carbocycles. The van der Waals surface area contributed by atoms with Crippen LogP contribution in [0.15, 0.2) is 24.8 Å². The maximum absolute atomic E-state index is 3.00. The van der Waals surface area contributed by atoms with Crippen LogP contribution in [-0.4, -0.2) is 5.48 Å². The van der Waals surface area contributed by atoms with E-state index in [-0.39, 0.29) is 5.48 Å². The first-order chi connectivity index (χ1) is 3.27. The molecule has 1 nitrogen and oxygen atoms in total. The second-order valence-corrected chi connectivity index (χ2v) is 1.37. The maximum atomic E-state index is 3.00. The lowest BCUT2D eigenvalue weighted by atomic mass is 10.3. The predicted molar refractivity (Wildman–Crippen MR) is 40.0 cm³/mol. The van der Waals surface area contributed by atoms with Crippen molar-refractivity contribution in [2.75, 3.05) is 0 Å². The fourth-order valence-corrected chi connectivity index (χ4v) is 0. The molecule has 0 aromatic rings. The Bertz CT molecular complexity index is 51.4. The lowest BCUT2D eigenvalue weighted by molar-refractivity contribution is 0.824. The fourth-order valence-electron chi connectivity index (χ4n) is 0. The number of hydrogen-bond donors (Lipinski definition) is 0. The molecule has 0 heterocycles. The fraction of sp³-hybridized carbons (Fsp3) is 0.429. The second-order valence-electron chi connectivity index (χ2n) is 1.37. The van der Waals surface area contributed by atoms with Gasteiger partial charge in [0.25, 0.3) is 0 Å². The van der Waals surface area contributed by atoms with Crippen molar-refractivity contribution in [3.63, 3.8) is 0 Å². The Kier molecular flexibility index (Phi) is 31.5. The Balaban J connectivity index is -0.0000000750. The van der Waals surface area contributed by atoms with E-state index in [0.29, 0.717) is 0 Å². The van der Waals surface area contributed by atoms with Gasteiger partial charge in [0.05, 0.1) is 0 Å². The molecule has 0 radical (unpaired) electrons. The molecular weight excluding hydrogens is 100 g/mol. The molecule has 2 N–H and O–H groups in total. The monoisotopic (exact) mass is 116 g/mol. The van der Waals surface area contributed by atoms with Crippen molar-refractivity contribution >= 4 is 0 Å². The van der Waals surface area contributed by atoms with Crippen LogP contribution in [0.1, 0.15) is 20.8 Å². The molecular formula is C7H16O. The molecule has 0 aliphatic heterocycles. The van der Waals surface area contributed by atoms with Crippen LogP contribution >= 0.6 is 0 Å². The molecule has 0 rings (SSSR count). The molecule has 0 bridgehead atoms. The van der Waals surface area contributed by atoms with E-state index in [2.05, 4.69) is 33.1 Å². The highest BCUT2D eigenvalue weighted by molar-refractivity contribution is 4.88. The first-order valence-electron chi connectivity index (χ1n) is 2.37. The van der Waals surface area contributed by atoms with Crippen LogP contribution in [0.4, 0.5) is 0 Å². The summed E-state index contributed by atoms with van der Waals surface area (Å²) < 4.78 is 0. The zero-order valence-corrected chi connectivity index (χ0v) is 5.99. The standard InChI is InChI=1S/C5H10.C2H4.H2O/c1-4-5(2)3;1-2;/h4H,1-3H3;1-2H2;1H2. The lowest BCUT2D eigenvalue weighted by Crippen LogP contribution is -1.52. The molecule has 0 amide bonds. The van der Waals surface area contributed by atoms with E-state index in [1.54, 1.807) is 0 Å². The van der Waals surface area contributed by atoms with Crippen molar-refractivity contribution in [1.29, 1.82) is 0 Å². The van der Waals surface area contributed by atoms with Gasteiger partial charge in [-0.2, -0.15) is 0 Å². The largest absolute Gasteiger partial charge is 0.412 e. The van der Waals surface area contributed by atoms with Crippen LogP contribution in [-0.2, 0) is 0 Å². The van der Waals surface area contributed by atoms with Crippen molar-refractivity contribution in [1.82, 2.24) is 0 Å². The van der Waals surface area contributed by atoms with Gasteiger partial charge in [0.15, 0.2) is 0 Å². The topological polar surface area (TPSA) is 31.5 Å². The van der Waals surface area contributed by atoms with Gasteiger partial charge in [-0.3, -0.25) is 0 Å². The summed E-state index contributed by atoms with van der Waals surface area (Å²) >= 11 is 0. The quantitative estimate of drug-likeness (QED) is 0.433. The smallest absolute Gasteiger partial charge is 0.0442 e. The summed E-state index contributed by atoms with van der Waals surface area (Å²) in [6, 6.07) is 0. The third-order valence-electron chi connectivity index (χ3n) is 0.577. The average molecular weight is 116 g/mol. The minimum Gasteiger partial charge on any atom is -0.412 e. The summed E-state index contributed by atoms with van der Waals surface area (Å²) in [6.07, 6.45) is 2.08. The summed E-state index contributed by atoms with van der Waals surface area (Å²) in [5, 5.41) is 0. The van der Waals surface area contributed by atoms with E-state index < -0.39 is 0 Å². The van der Waals surface area contributed by atoms with Gasteiger partial charge in [-0.05, 0) is 20.8 Å². The summed E-state index contributed by atoms with van der Waals surface area (Å²) in [7, 11) is 0. The summed E-state index contributed by atoms with van der Waals surface area (Å²) in [5.41, 5.74) is 1.38.